The van der Waals surface area contributed by atoms with Crippen LogP contribution in [-0.4, -0.2) is 18.4 Å². The van der Waals surface area contributed by atoms with Gasteiger partial charge < -0.3 is 4.74 Å². The Balaban J connectivity index is 1.88. The number of fused-ring (bicyclic) bond motifs is 1. The van der Waals surface area contributed by atoms with Gasteiger partial charge in [-0.3, -0.25) is 4.79 Å². The minimum atomic E-state index is -0.375. The number of ketones is 1. The number of ether oxygens (including phenoxy) is 1. The van der Waals surface area contributed by atoms with Crippen LogP contribution in [-0.2, 0) is 11.2 Å². The summed E-state index contributed by atoms with van der Waals surface area (Å²) in [6.07, 6.45) is 3.07. The van der Waals surface area contributed by atoms with Crippen molar-refractivity contribution in [3.8, 4) is 0 Å². The van der Waals surface area contributed by atoms with Crippen LogP contribution in [0.15, 0.2) is 48.0 Å². The second kappa shape index (κ2) is 6.79. The molecule has 0 N–H and O–H groups in total. The third-order valence-electron chi connectivity index (χ3n) is 4.03. The Morgan fingerprint density at radius 2 is 1.92 bits per heavy atom. The molecule has 1 aliphatic carbocycles. The lowest BCUT2D eigenvalue weighted by Gasteiger charge is -2.18. The zero-order chi connectivity index (χ0) is 17.1. The average molecular weight is 324 g/mol. The molecule has 2 aromatic carbocycles. The maximum Gasteiger partial charge on any atom is 0.338 e. The number of halogens is 1. The second-order valence-corrected chi connectivity index (χ2v) is 5.64. The van der Waals surface area contributed by atoms with Gasteiger partial charge in [-0.25, -0.2) is 9.18 Å². The Morgan fingerprint density at radius 1 is 1.17 bits per heavy atom. The Bertz CT molecular complexity index is 819. The summed E-state index contributed by atoms with van der Waals surface area (Å²) >= 11 is 0. The largest absolute Gasteiger partial charge is 0.462 e. The molecule has 0 fully saturated rings. The van der Waals surface area contributed by atoms with Gasteiger partial charge in [0, 0.05) is 11.1 Å². The summed E-state index contributed by atoms with van der Waals surface area (Å²) in [5.74, 6) is -0.722. The van der Waals surface area contributed by atoms with Gasteiger partial charge in [0.25, 0.3) is 0 Å². The first-order valence-corrected chi connectivity index (χ1v) is 7.89. The highest BCUT2D eigenvalue weighted by atomic mass is 19.1. The number of carbonyl (C=O) groups is 2. The number of esters is 1. The van der Waals surface area contributed by atoms with Gasteiger partial charge in [0.15, 0.2) is 5.78 Å². The Hall–Kier alpha value is -2.75. The predicted octanol–water partition coefficient (Wildman–Crippen LogP) is 4.21. The van der Waals surface area contributed by atoms with E-state index >= 15 is 0 Å². The van der Waals surface area contributed by atoms with Gasteiger partial charge in [-0.2, -0.15) is 0 Å². The van der Waals surface area contributed by atoms with E-state index in [1.807, 2.05) is 0 Å². The SMILES string of the molecule is CCOC(=O)c1ccc2c(c1)CC/C(=C/c1ccc(F)cc1)C2=O. The molecule has 0 bridgehead atoms. The fraction of sp³-hybridized carbons (Fsp3) is 0.200. The average Bonchev–Trinajstić information content (AvgIpc) is 2.59. The van der Waals surface area contributed by atoms with Gasteiger partial charge in [0.1, 0.15) is 5.82 Å². The summed E-state index contributed by atoms with van der Waals surface area (Å²) in [6.45, 7) is 2.08. The van der Waals surface area contributed by atoms with Crippen LogP contribution < -0.4 is 0 Å². The zero-order valence-corrected chi connectivity index (χ0v) is 13.3. The Morgan fingerprint density at radius 3 is 2.62 bits per heavy atom. The molecule has 0 spiro atoms. The lowest BCUT2D eigenvalue weighted by atomic mass is 9.85. The Labute approximate surface area is 139 Å². The van der Waals surface area contributed by atoms with Crippen molar-refractivity contribution in [3.05, 3.63) is 76.1 Å². The van der Waals surface area contributed by atoms with Crippen molar-refractivity contribution in [1.29, 1.82) is 0 Å². The van der Waals surface area contributed by atoms with Gasteiger partial charge in [0.05, 0.1) is 12.2 Å². The van der Waals surface area contributed by atoms with E-state index in [1.165, 1.54) is 12.1 Å². The smallest absolute Gasteiger partial charge is 0.338 e. The molecule has 4 heteroatoms. The van der Waals surface area contributed by atoms with Crippen molar-refractivity contribution < 1.29 is 18.7 Å². The Kier molecular flexibility index (Phi) is 4.56. The molecule has 1 aliphatic rings. The molecule has 0 aliphatic heterocycles. The molecule has 0 atom stereocenters. The molecule has 24 heavy (non-hydrogen) atoms. The van der Waals surface area contributed by atoms with E-state index in [0.29, 0.717) is 36.1 Å². The maximum atomic E-state index is 13.0. The number of carbonyl (C=O) groups excluding carboxylic acids is 2. The lowest BCUT2D eigenvalue weighted by Crippen LogP contribution is -2.15. The number of rotatable bonds is 3. The van der Waals surface area contributed by atoms with Crippen molar-refractivity contribution in [2.45, 2.75) is 19.8 Å². The second-order valence-electron chi connectivity index (χ2n) is 5.64. The first kappa shape index (κ1) is 16.1. The summed E-state index contributed by atoms with van der Waals surface area (Å²) in [7, 11) is 0. The van der Waals surface area contributed by atoms with Crippen LogP contribution in [0.3, 0.4) is 0 Å². The van der Waals surface area contributed by atoms with Crippen LogP contribution in [0.25, 0.3) is 6.08 Å². The van der Waals surface area contributed by atoms with E-state index in [1.54, 1.807) is 43.3 Å². The molecule has 0 amide bonds. The molecule has 0 saturated heterocycles. The predicted molar refractivity (Wildman–Crippen MR) is 89.4 cm³/mol. The van der Waals surface area contributed by atoms with Crippen molar-refractivity contribution in [2.75, 3.05) is 6.61 Å². The van der Waals surface area contributed by atoms with Crippen LogP contribution in [0.2, 0.25) is 0 Å². The standard InChI is InChI=1S/C20H17FO3/c1-2-24-20(23)16-7-10-18-14(12-16)5-6-15(19(18)22)11-13-3-8-17(21)9-4-13/h3-4,7-12H,2,5-6H2,1H3/b15-11-. The summed E-state index contributed by atoms with van der Waals surface area (Å²) in [4.78, 5) is 24.4. The van der Waals surface area contributed by atoms with E-state index in [2.05, 4.69) is 0 Å². The minimum absolute atomic E-state index is 0.0454. The van der Waals surface area contributed by atoms with Crippen molar-refractivity contribution in [2.24, 2.45) is 0 Å². The summed E-state index contributed by atoms with van der Waals surface area (Å²) in [6, 6.07) is 11.1. The molecule has 2 aromatic rings. The number of benzene rings is 2. The van der Waals surface area contributed by atoms with Gasteiger partial charge in [-0.1, -0.05) is 12.1 Å². The first-order valence-electron chi connectivity index (χ1n) is 7.89. The molecule has 3 rings (SSSR count). The van der Waals surface area contributed by atoms with Gasteiger partial charge >= 0.3 is 5.97 Å². The van der Waals surface area contributed by atoms with Crippen LogP contribution in [0.5, 0.6) is 0 Å². The fourth-order valence-electron chi connectivity index (χ4n) is 2.82. The quantitative estimate of drug-likeness (QED) is 0.627. The van der Waals surface area contributed by atoms with Crippen molar-refractivity contribution in [3.63, 3.8) is 0 Å². The van der Waals surface area contributed by atoms with Gasteiger partial charge in [-0.15, -0.1) is 0 Å². The van der Waals surface area contributed by atoms with Crippen LogP contribution in [0, 0.1) is 5.82 Å². The highest BCUT2D eigenvalue weighted by molar-refractivity contribution is 6.13. The lowest BCUT2D eigenvalue weighted by molar-refractivity contribution is 0.0526. The molecule has 0 heterocycles. The molecular weight excluding hydrogens is 307 g/mol. The van der Waals surface area contributed by atoms with Crippen molar-refractivity contribution in [1.82, 2.24) is 0 Å². The normalized spacial score (nSPS) is 15.2. The van der Waals surface area contributed by atoms with E-state index < -0.39 is 0 Å². The highest BCUT2D eigenvalue weighted by Crippen LogP contribution is 2.27. The highest BCUT2D eigenvalue weighted by Gasteiger charge is 2.23. The first-order chi connectivity index (χ1) is 11.6. The maximum absolute atomic E-state index is 13.0. The number of hydrogen-bond acceptors (Lipinski definition) is 3. The monoisotopic (exact) mass is 324 g/mol. The summed E-state index contributed by atoms with van der Waals surface area (Å²) < 4.78 is 18.0. The van der Waals surface area contributed by atoms with Crippen LogP contribution in [0.4, 0.5) is 4.39 Å². The van der Waals surface area contributed by atoms with Crippen LogP contribution >= 0.6 is 0 Å². The number of allylic oxidation sites excluding steroid dienone is 1. The van der Waals surface area contributed by atoms with Gasteiger partial charge in [-0.05, 0) is 67.3 Å². The molecule has 0 radical (unpaired) electrons. The third-order valence-corrected chi connectivity index (χ3v) is 4.03. The van der Waals surface area contributed by atoms with E-state index in [0.717, 1.165) is 11.1 Å². The summed E-state index contributed by atoms with van der Waals surface area (Å²) in [5, 5.41) is 0. The molecule has 0 unspecified atom stereocenters. The zero-order valence-electron chi connectivity index (χ0n) is 13.3. The fourth-order valence-corrected chi connectivity index (χ4v) is 2.82. The van der Waals surface area contributed by atoms with E-state index in [4.69, 9.17) is 4.74 Å². The van der Waals surface area contributed by atoms with Crippen molar-refractivity contribution >= 4 is 17.8 Å². The molecule has 0 saturated carbocycles. The minimum Gasteiger partial charge on any atom is -0.462 e. The number of Topliss-reactive ketones (excluding diaryl/α,β-unsaturated/α-hetero) is 1. The van der Waals surface area contributed by atoms with Gasteiger partial charge in [0.2, 0.25) is 0 Å². The van der Waals surface area contributed by atoms with E-state index in [-0.39, 0.29) is 17.6 Å². The molecule has 122 valence electrons. The topological polar surface area (TPSA) is 43.4 Å². The van der Waals surface area contributed by atoms with E-state index in [9.17, 15) is 14.0 Å². The molecule has 0 aromatic heterocycles. The van der Waals surface area contributed by atoms with Crippen LogP contribution in [0.1, 0.15) is 45.2 Å². The third kappa shape index (κ3) is 3.27. The molecule has 3 nitrogen and oxygen atoms in total. The number of hydrogen-bond donors (Lipinski definition) is 0. The number of aryl methyl sites for hydroxylation is 1. The molecular formula is C20H17FO3. The summed E-state index contributed by atoms with van der Waals surface area (Å²) in [5.41, 5.74) is 3.43.